The predicted octanol–water partition coefficient (Wildman–Crippen LogP) is 1.91. The van der Waals surface area contributed by atoms with Crippen molar-refractivity contribution in [3.63, 3.8) is 0 Å². The molecule has 7 nitrogen and oxygen atoms in total. The molecular formula is C21H21N3O4. The van der Waals surface area contributed by atoms with Crippen LogP contribution in [0.25, 0.3) is 0 Å². The van der Waals surface area contributed by atoms with Crippen LogP contribution in [0.1, 0.15) is 5.56 Å². The highest BCUT2D eigenvalue weighted by Gasteiger charge is 2.52. The van der Waals surface area contributed by atoms with Crippen LogP contribution in [0.4, 0.5) is 5.69 Å². The maximum absolute atomic E-state index is 12.9. The van der Waals surface area contributed by atoms with Crippen molar-refractivity contribution in [2.24, 2.45) is 11.8 Å². The third-order valence-corrected chi connectivity index (χ3v) is 5.05. The fourth-order valence-corrected chi connectivity index (χ4v) is 3.64. The van der Waals surface area contributed by atoms with E-state index in [1.807, 2.05) is 24.3 Å². The third kappa shape index (κ3) is 3.61. The summed E-state index contributed by atoms with van der Waals surface area (Å²) in [7, 11) is 1.58. The first-order chi connectivity index (χ1) is 13.7. The highest BCUT2D eigenvalue weighted by Crippen LogP contribution is 2.40. The predicted molar refractivity (Wildman–Crippen MR) is 102 cm³/mol. The Hall–Kier alpha value is -3.19. The van der Waals surface area contributed by atoms with Gasteiger partial charge in [-0.25, -0.2) is 0 Å². The number of ether oxygens (including phenoxy) is 2. The number of carbonyl (C=O) groups is 2. The molecule has 0 spiro atoms. The van der Waals surface area contributed by atoms with Crippen LogP contribution >= 0.6 is 0 Å². The molecule has 7 heteroatoms. The smallest absolute Gasteiger partial charge is 0.231 e. The number of carbonyl (C=O) groups excluding carboxylic acids is 2. The molecule has 0 aliphatic carbocycles. The van der Waals surface area contributed by atoms with Crippen LogP contribution in [0.15, 0.2) is 60.9 Å². The molecule has 2 aliphatic heterocycles. The van der Waals surface area contributed by atoms with Crippen molar-refractivity contribution in [3.8, 4) is 5.75 Å². The highest BCUT2D eigenvalue weighted by molar-refractivity contribution is 5.97. The third-order valence-electron chi connectivity index (χ3n) is 5.05. The van der Waals surface area contributed by atoms with Gasteiger partial charge in [-0.2, -0.15) is 0 Å². The first-order valence-corrected chi connectivity index (χ1v) is 9.11. The van der Waals surface area contributed by atoms with Crippen LogP contribution in [0.2, 0.25) is 0 Å². The Kier molecular flexibility index (Phi) is 5.08. The molecule has 1 fully saturated rings. The van der Waals surface area contributed by atoms with E-state index in [0.29, 0.717) is 18.0 Å². The summed E-state index contributed by atoms with van der Waals surface area (Å²) in [6.07, 6.45) is 6.32. The molecule has 1 saturated heterocycles. The fraction of sp³-hybridized carbons (Fsp3) is 0.286. The van der Waals surface area contributed by atoms with E-state index < -0.39 is 17.9 Å². The lowest BCUT2D eigenvalue weighted by Crippen LogP contribution is -2.44. The second kappa shape index (κ2) is 7.82. The number of anilines is 1. The second-order valence-electron chi connectivity index (χ2n) is 6.80. The van der Waals surface area contributed by atoms with Crippen molar-refractivity contribution >= 4 is 17.5 Å². The zero-order valence-electron chi connectivity index (χ0n) is 15.4. The van der Waals surface area contributed by atoms with E-state index in [1.165, 1.54) is 0 Å². The van der Waals surface area contributed by atoms with E-state index in [1.54, 1.807) is 43.8 Å². The van der Waals surface area contributed by atoms with Crippen molar-refractivity contribution in [2.45, 2.75) is 18.8 Å². The summed E-state index contributed by atoms with van der Waals surface area (Å²) in [6.45, 7) is 0.358. The largest absolute Gasteiger partial charge is 0.497 e. The van der Waals surface area contributed by atoms with Crippen molar-refractivity contribution in [2.75, 3.05) is 12.4 Å². The minimum atomic E-state index is -0.578. The number of fused-ring (bicyclic) bond motifs is 2. The fourth-order valence-electron chi connectivity index (χ4n) is 3.64. The van der Waals surface area contributed by atoms with Gasteiger partial charge in [-0.3, -0.25) is 14.6 Å². The lowest BCUT2D eigenvalue weighted by atomic mass is 9.81. The standard InChI is InChI=1S/C21H21N3O4/c1-27-15-6-4-14(5-7-15)24-21(26)19-17-9-8-16(28-17)18(19)20(25)23-12-13-3-2-10-22-11-13/h2-11,16-19H,12H2,1H3,(H,23,25)(H,24,26)/t16-,17-,18+,19-/m1/s1. The summed E-state index contributed by atoms with van der Waals surface area (Å²) in [6, 6.07) is 10.8. The van der Waals surface area contributed by atoms with Gasteiger partial charge in [0.1, 0.15) is 5.75 Å². The summed E-state index contributed by atoms with van der Waals surface area (Å²) in [5.74, 6) is -0.869. The van der Waals surface area contributed by atoms with Gasteiger partial charge in [-0.1, -0.05) is 18.2 Å². The number of benzene rings is 1. The number of hydrogen-bond donors (Lipinski definition) is 2. The van der Waals surface area contributed by atoms with E-state index in [2.05, 4.69) is 15.6 Å². The molecule has 2 N–H and O–H groups in total. The van der Waals surface area contributed by atoms with Gasteiger partial charge >= 0.3 is 0 Å². The van der Waals surface area contributed by atoms with Gasteiger partial charge < -0.3 is 20.1 Å². The van der Waals surface area contributed by atoms with Crippen molar-refractivity contribution in [1.29, 1.82) is 0 Å². The number of pyridine rings is 1. The zero-order valence-corrected chi connectivity index (χ0v) is 15.4. The van der Waals surface area contributed by atoms with E-state index in [9.17, 15) is 9.59 Å². The van der Waals surface area contributed by atoms with Gasteiger partial charge in [0.2, 0.25) is 11.8 Å². The minimum absolute atomic E-state index is 0.199. The molecule has 144 valence electrons. The van der Waals surface area contributed by atoms with Gasteiger partial charge in [0.25, 0.3) is 0 Å². The lowest BCUT2D eigenvalue weighted by Gasteiger charge is -2.23. The zero-order chi connectivity index (χ0) is 19.5. The first-order valence-electron chi connectivity index (χ1n) is 9.11. The molecule has 3 heterocycles. The van der Waals surface area contributed by atoms with E-state index in [0.717, 1.165) is 5.56 Å². The van der Waals surface area contributed by atoms with Gasteiger partial charge in [0.15, 0.2) is 0 Å². The summed E-state index contributed by atoms with van der Waals surface area (Å²) in [5.41, 5.74) is 1.54. The van der Waals surface area contributed by atoms with E-state index >= 15 is 0 Å². The van der Waals surface area contributed by atoms with Crippen molar-refractivity contribution in [3.05, 3.63) is 66.5 Å². The number of aromatic nitrogens is 1. The Balaban J connectivity index is 1.44. The average Bonchev–Trinajstić information content (AvgIpc) is 3.35. The normalized spacial score (nSPS) is 24.8. The molecule has 2 aromatic rings. The van der Waals surface area contributed by atoms with Crippen LogP contribution in [0, 0.1) is 11.8 Å². The number of rotatable bonds is 6. The summed E-state index contributed by atoms with van der Waals surface area (Å²) in [5, 5.41) is 5.78. The quantitative estimate of drug-likeness (QED) is 0.749. The molecule has 28 heavy (non-hydrogen) atoms. The topological polar surface area (TPSA) is 89.5 Å². The van der Waals surface area contributed by atoms with Crippen molar-refractivity contribution < 1.29 is 19.1 Å². The molecule has 0 radical (unpaired) electrons. The molecule has 2 bridgehead atoms. The highest BCUT2D eigenvalue weighted by atomic mass is 16.5. The average molecular weight is 379 g/mol. The first kappa shape index (κ1) is 18.2. The molecule has 0 unspecified atom stereocenters. The molecule has 4 rings (SSSR count). The summed E-state index contributed by atoms with van der Waals surface area (Å²) >= 11 is 0. The van der Waals surface area contributed by atoms with Gasteiger partial charge in [-0.15, -0.1) is 0 Å². The number of hydrogen-bond acceptors (Lipinski definition) is 5. The van der Waals surface area contributed by atoms with Gasteiger partial charge in [0.05, 0.1) is 31.2 Å². The number of amides is 2. The Labute approximate surface area is 162 Å². The van der Waals surface area contributed by atoms with Crippen LogP contribution in [-0.4, -0.2) is 36.1 Å². The van der Waals surface area contributed by atoms with Gasteiger partial charge in [-0.05, 0) is 35.9 Å². The van der Waals surface area contributed by atoms with Crippen LogP contribution in [0.5, 0.6) is 5.75 Å². The monoisotopic (exact) mass is 379 g/mol. The maximum atomic E-state index is 12.9. The lowest BCUT2D eigenvalue weighted by molar-refractivity contribution is -0.131. The molecule has 2 aliphatic rings. The Morgan fingerprint density at radius 2 is 1.79 bits per heavy atom. The molecular weight excluding hydrogens is 358 g/mol. The number of methoxy groups -OCH3 is 1. The van der Waals surface area contributed by atoms with Crippen molar-refractivity contribution in [1.82, 2.24) is 10.3 Å². The molecule has 4 atom stereocenters. The summed E-state index contributed by atoms with van der Waals surface area (Å²) < 4.78 is 10.9. The molecule has 1 aromatic carbocycles. The van der Waals surface area contributed by atoms with Gasteiger partial charge in [0, 0.05) is 24.6 Å². The van der Waals surface area contributed by atoms with Crippen LogP contribution in [0.3, 0.4) is 0 Å². The SMILES string of the molecule is COc1ccc(NC(=O)[C@H]2[C@@H](C(=O)NCc3cccnc3)[C@H]3C=C[C@H]2O3)cc1. The maximum Gasteiger partial charge on any atom is 0.231 e. The van der Waals surface area contributed by atoms with E-state index in [-0.39, 0.29) is 17.9 Å². The Bertz CT molecular complexity index is 882. The Morgan fingerprint density at radius 3 is 2.43 bits per heavy atom. The minimum Gasteiger partial charge on any atom is -0.497 e. The Morgan fingerprint density at radius 1 is 1.07 bits per heavy atom. The van der Waals surface area contributed by atoms with Crippen LogP contribution < -0.4 is 15.4 Å². The number of nitrogens with zero attached hydrogens (tertiary/aromatic N) is 1. The van der Waals surface area contributed by atoms with E-state index in [4.69, 9.17) is 9.47 Å². The number of nitrogens with one attached hydrogen (secondary N) is 2. The summed E-state index contributed by atoms with van der Waals surface area (Å²) in [4.78, 5) is 29.8. The molecule has 1 aromatic heterocycles. The molecule has 2 amide bonds. The van der Waals surface area contributed by atoms with Crippen LogP contribution in [-0.2, 0) is 20.9 Å². The molecule has 0 saturated carbocycles. The second-order valence-corrected chi connectivity index (χ2v) is 6.80.